The maximum atomic E-state index is 13.2. The molecule has 0 amide bonds. The number of aryl methyl sites for hydroxylation is 1. The number of nitrogens with one attached hydrogen (secondary N) is 1. The number of ether oxygens (including phenoxy) is 2. The van der Waals surface area contributed by atoms with Gasteiger partial charge in [0.2, 0.25) is 10.0 Å². The van der Waals surface area contributed by atoms with Gasteiger partial charge in [0.1, 0.15) is 10.6 Å². The van der Waals surface area contributed by atoms with Crippen LogP contribution < -0.4 is 10.1 Å². The lowest BCUT2D eigenvalue weighted by molar-refractivity contribution is 0.0729. The summed E-state index contributed by atoms with van der Waals surface area (Å²) in [6, 6.07) is 14.1. The number of morpholine rings is 1. The van der Waals surface area contributed by atoms with Gasteiger partial charge in [-0.25, -0.2) is 8.42 Å². The summed E-state index contributed by atoms with van der Waals surface area (Å²) in [4.78, 5) is 0.0951. The first kappa shape index (κ1) is 22.5. The molecule has 0 bridgehead atoms. The van der Waals surface area contributed by atoms with Crippen molar-refractivity contribution in [3.63, 3.8) is 0 Å². The minimum absolute atomic E-state index is 0.0951. The van der Waals surface area contributed by atoms with Crippen molar-refractivity contribution in [1.29, 1.82) is 0 Å². The van der Waals surface area contributed by atoms with Crippen molar-refractivity contribution in [2.45, 2.75) is 11.8 Å². The third-order valence-corrected chi connectivity index (χ3v) is 7.48. The molecule has 4 rings (SSSR count). The first-order chi connectivity index (χ1) is 15.4. The molecule has 0 saturated carbocycles. The Bertz CT molecular complexity index is 1210. The normalized spacial score (nSPS) is 14.8. The summed E-state index contributed by atoms with van der Waals surface area (Å²) >= 11 is 6.17. The molecule has 1 N–H and O–H groups in total. The van der Waals surface area contributed by atoms with Gasteiger partial charge in [0, 0.05) is 29.4 Å². The Balaban J connectivity index is 1.61. The Morgan fingerprint density at radius 3 is 2.50 bits per heavy atom. The van der Waals surface area contributed by atoms with Crippen molar-refractivity contribution >= 4 is 33.1 Å². The van der Waals surface area contributed by atoms with Crippen LogP contribution in [0.5, 0.6) is 5.75 Å². The van der Waals surface area contributed by atoms with E-state index in [9.17, 15) is 8.42 Å². The quantitative estimate of drug-likeness (QED) is 0.579. The monoisotopic (exact) mass is 474 g/mol. The summed E-state index contributed by atoms with van der Waals surface area (Å²) < 4.78 is 38.4. The van der Waals surface area contributed by atoms with Crippen molar-refractivity contribution in [3.05, 3.63) is 59.1 Å². The van der Waals surface area contributed by atoms with Gasteiger partial charge in [-0.1, -0.05) is 17.7 Å². The molecule has 2 heterocycles. The molecule has 1 aliphatic heterocycles. The zero-order valence-electron chi connectivity index (χ0n) is 17.7. The molecule has 10 heteroatoms. The molecule has 1 aromatic heterocycles. The molecular weight excluding hydrogens is 452 g/mol. The molecule has 1 saturated heterocycles. The number of methoxy groups -OCH3 is 1. The van der Waals surface area contributed by atoms with Crippen LogP contribution in [0.15, 0.2) is 53.4 Å². The molecule has 0 radical (unpaired) electrons. The molecule has 0 aliphatic carbocycles. The smallest absolute Gasteiger partial charge is 0.246 e. The fraction of sp³-hybridized carbons (Fsp3) is 0.273. The second-order valence-electron chi connectivity index (χ2n) is 7.27. The van der Waals surface area contributed by atoms with Crippen molar-refractivity contribution in [3.8, 4) is 17.0 Å². The minimum atomic E-state index is -3.74. The van der Waals surface area contributed by atoms with E-state index in [1.54, 1.807) is 30.3 Å². The zero-order valence-corrected chi connectivity index (χ0v) is 19.3. The van der Waals surface area contributed by atoms with Gasteiger partial charge in [-0.15, -0.1) is 10.2 Å². The third-order valence-electron chi connectivity index (χ3n) is 5.16. The number of hydrogen-bond donors (Lipinski definition) is 1. The predicted molar refractivity (Wildman–Crippen MR) is 123 cm³/mol. The van der Waals surface area contributed by atoms with Crippen LogP contribution in [0.25, 0.3) is 11.3 Å². The molecule has 168 valence electrons. The Morgan fingerprint density at radius 1 is 1.06 bits per heavy atom. The van der Waals surface area contributed by atoms with E-state index in [1.807, 2.05) is 25.1 Å². The van der Waals surface area contributed by atoms with Crippen LogP contribution in [0.4, 0.5) is 11.5 Å². The van der Waals surface area contributed by atoms with E-state index in [4.69, 9.17) is 21.1 Å². The Hall–Kier alpha value is -2.72. The van der Waals surface area contributed by atoms with Crippen LogP contribution in [0.3, 0.4) is 0 Å². The highest BCUT2D eigenvalue weighted by molar-refractivity contribution is 7.89. The first-order valence-electron chi connectivity index (χ1n) is 10.0. The molecule has 0 spiro atoms. The molecule has 3 aromatic rings. The summed E-state index contributed by atoms with van der Waals surface area (Å²) in [7, 11) is -2.29. The minimum Gasteiger partial charge on any atom is -0.495 e. The summed E-state index contributed by atoms with van der Waals surface area (Å²) in [6.07, 6.45) is 0. The molecule has 8 nitrogen and oxygen atoms in total. The number of anilines is 2. The molecule has 32 heavy (non-hydrogen) atoms. The second kappa shape index (κ2) is 9.41. The van der Waals surface area contributed by atoms with Crippen molar-refractivity contribution in [1.82, 2.24) is 14.5 Å². The lowest BCUT2D eigenvalue weighted by atomic mass is 10.1. The van der Waals surface area contributed by atoms with E-state index in [0.717, 1.165) is 11.3 Å². The fourth-order valence-corrected chi connectivity index (χ4v) is 5.11. The topological polar surface area (TPSA) is 93.7 Å². The van der Waals surface area contributed by atoms with Crippen molar-refractivity contribution < 1.29 is 17.9 Å². The lowest BCUT2D eigenvalue weighted by Gasteiger charge is -2.26. The van der Waals surface area contributed by atoms with Crippen LogP contribution in [-0.4, -0.2) is 56.3 Å². The number of halogens is 1. The Morgan fingerprint density at radius 2 is 1.84 bits per heavy atom. The highest BCUT2D eigenvalue weighted by atomic mass is 35.5. The number of benzene rings is 2. The van der Waals surface area contributed by atoms with Crippen LogP contribution in [0.2, 0.25) is 5.02 Å². The maximum Gasteiger partial charge on any atom is 0.246 e. The van der Waals surface area contributed by atoms with Gasteiger partial charge in [0.05, 0.1) is 26.0 Å². The van der Waals surface area contributed by atoms with E-state index < -0.39 is 10.0 Å². The number of hydrogen-bond acceptors (Lipinski definition) is 7. The van der Waals surface area contributed by atoms with Crippen LogP contribution >= 0.6 is 11.6 Å². The van der Waals surface area contributed by atoms with Gasteiger partial charge < -0.3 is 14.8 Å². The SMILES string of the molecule is COc1ccc(-c2ccc(Nc3ccc(C)c(Cl)c3)nn2)cc1S(=O)(=O)N1CCOCC1. The fourth-order valence-electron chi connectivity index (χ4n) is 3.34. The Labute approximate surface area is 192 Å². The molecule has 0 unspecified atom stereocenters. The molecule has 0 atom stereocenters. The molecule has 1 fully saturated rings. The largest absolute Gasteiger partial charge is 0.495 e. The molecule has 1 aliphatic rings. The van der Waals surface area contributed by atoms with Crippen LogP contribution in [0, 0.1) is 6.92 Å². The number of sulfonamides is 1. The predicted octanol–water partition coefficient (Wildman–Crippen LogP) is 3.88. The highest BCUT2D eigenvalue weighted by Gasteiger charge is 2.29. The van der Waals surface area contributed by atoms with Gasteiger partial charge in [0.25, 0.3) is 0 Å². The van der Waals surface area contributed by atoms with E-state index in [2.05, 4.69) is 15.5 Å². The van der Waals surface area contributed by atoms with E-state index >= 15 is 0 Å². The zero-order chi connectivity index (χ0) is 22.7. The van der Waals surface area contributed by atoms with Crippen molar-refractivity contribution in [2.75, 3.05) is 38.7 Å². The first-order valence-corrected chi connectivity index (χ1v) is 11.8. The maximum absolute atomic E-state index is 13.2. The van der Waals surface area contributed by atoms with Gasteiger partial charge >= 0.3 is 0 Å². The average Bonchev–Trinajstić information content (AvgIpc) is 2.82. The van der Waals surface area contributed by atoms with Crippen LogP contribution in [0.1, 0.15) is 5.56 Å². The third kappa shape index (κ3) is 4.71. The van der Waals surface area contributed by atoms with Crippen LogP contribution in [-0.2, 0) is 14.8 Å². The standard InChI is InChI=1S/C22H23ClN4O4S/c1-15-3-5-17(14-18(15)23)24-22-8-6-19(25-26-22)16-4-7-20(30-2)21(13-16)32(28,29)27-9-11-31-12-10-27/h3-8,13-14H,9-12H2,1-2H3,(H,24,26). The summed E-state index contributed by atoms with van der Waals surface area (Å²) in [5, 5.41) is 12.3. The number of aromatic nitrogens is 2. The van der Waals surface area contributed by atoms with Gasteiger partial charge in [0.15, 0.2) is 5.82 Å². The number of nitrogens with zero attached hydrogens (tertiary/aromatic N) is 3. The summed E-state index contributed by atoms with van der Waals surface area (Å²) in [5.41, 5.74) is 2.95. The van der Waals surface area contributed by atoms with E-state index in [-0.39, 0.29) is 10.6 Å². The van der Waals surface area contributed by atoms with E-state index in [1.165, 1.54) is 11.4 Å². The lowest BCUT2D eigenvalue weighted by Crippen LogP contribution is -2.40. The van der Waals surface area contributed by atoms with Gasteiger partial charge in [-0.3, -0.25) is 0 Å². The number of rotatable bonds is 6. The molecule has 2 aromatic carbocycles. The van der Waals surface area contributed by atoms with Gasteiger partial charge in [-0.05, 0) is 55.0 Å². The highest BCUT2D eigenvalue weighted by Crippen LogP contribution is 2.32. The average molecular weight is 475 g/mol. The molecular formula is C22H23ClN4O4S. The summed E-state index contributed by atoms with van der Waals surface area (Å²) in [5.74, 6) is 0.825. The van der Waals surface area contributed by atoms with Crippen molar-refractivity contribution in [2.24, 2.45) is 0 Å². The second-order valence-corrected chi connectivity index (χ2v) is 9.59. The van der Waals surface area contributed by atoms with Gasteiger partial charge in [-0.2, -0.15) is 4.31 Å². The summed E-state index contributed by atoms with van der Waals surface area (Å²) in [6.45, 7) is 3.28. The van der Waals surface area contributed by atoms with E-state index in [0.29, 0.717) is 48.4 Å². The Kier molecular flexibility index (Phi) is 6.61.